The second kappa shape index (κ2) is 11.4. The zero-order valence-electron chi connectivity index (χ0n) is 25.1. The first-order valence-electron chi connectivity index (χ1n) is 15.1. The lowest BCUT2D eigenvalue weighted by Crippen LogP contribution is -2.52. The van der Waals surface area contributed by atoms with Gasteiger partial charge < -0.3 is 10.2 Å². The number of nitrogens with one attached hydrogen (secondary N) is 1. The lowest BCUT2D eigenvalue weighted by molar-refractivity contribution is -0.139. The van der Waals surface area contributed by atoms with E-state index in [0.717, 1.165) is 35.1 Å². The number of nitrogens with zero attached hydrogens (tertiary/aromatic N) is 2. The van der Waals surface area contributed by atoms with Crippen molar-refractivity contribution < 1.29 is 18.0 Å². The van der Waals surface area contributed by atoms with E-state index in [0.29, 0.717) is 5.69 Å². The molecule has 4 fully saturated rings. The minimum absolute atomic E-state index is 0.0825. The minimum Gasteiger partial charge on any atom is -0.352 e. The number of anilines is 1. The molecule has 0 spiro atoms. The normalized spacial score (nSPS) is 25.7. The summed E-state index contributed by atoms with van der Waals surface area (Å²) >= 11 is 0. The van der Waals surface area contributed by atoms with Crippen LogP contribution in [0, 0.1) is 24.7 Å². The summed E-state index contributed by atoms with van der Waals surface area (Å²) in [5.41, 5.74) is 3.92. The monoisotopic (exact) mass is 579 g/mol. The molecule has 1 N–H and O–H groups in total. The Balaban J connectivity index is 1.39. The molecule has 0 heterocycles. The smallest absolute Gasteiger partial charge is 0.244 e. The quantitative estimate of drug-likeness (QED) is 0.421. The molecule has 2 aromatic rings. The number of carbonyl (C=O) groups is 2. The largest absolute Gasteiger partial charge is 0.352 e. The van der Waals surface area contributed by atoms with E-state index in [1.54, 1.807) is 6.92 Å². The molecule has 4 saturated carbocycles. The van der Waals surface area contributed by atoms with Crippen LogP contribution in [0.2, 0.25) is 0 Å². The van der Waals surface area contributed by atoms with Crippen molar-refractivity contribution in [1.29, 1.82) is 0 Å². The van der Waals surface area contributed by atoms with Gasteiger partial charge >= 0.3 is 0 Å². The van der Waals surface area contributed by atoms with Crippen molar-refractivity contribution in [2.45, 2.75) is 90.3 Å². The molecule has 7 nitrogen and oxygen atoms in total. The van der Waals surface area contributed by atoms with Gasteiger partial charge in [-0.25, -0.2) is 8.42 Å². The molecular formula is C33H45N3O4S. The predicted molar refractivity (Wildman–Crippen MR) is 163 cm³/mol. The Labute approximate surface area is 245 Å². The number of hydrogen-bond donors (Lipinski definition) is 1. The van der Waals surface area contributed by atoms with Gasteiger partial charge in [-0.2, -0.15) is 0 Å². The first-order valence-corrected chi connectivity index (χ1v) is 16.9. The van der Waals surface area contributed by atoms with E-state index >= 15 is 0 Å². The fourth-order valence-electron chi connectivity index (χ4n) is 8.05. The van der Waals surface area contributed by atoms with Crippen molar-refractivity contribution in [1.82, 2.24) is 10.2 Å². The van der Waals surface area contributed by atoms with Crippen LogP contribution in [0.5, 0.6) is 0 Å². The third kappa shape index (κ3) is 6.47. The minimum atomic E-state index is -3.76. The van der Waals surface area contributed by atoms with Crippen molar-refractivity contribution in [3.8, 4) is 0 Å². The third-order valence-corrected chi connectivity index (χ3v) is 10.7. The van der Waals surface area contributed by atoms with Gasteiger partial charge in [-0.3, -0.25) is 13.9 Å². The van der Waals surface area contributed by atoms with Crippen LogP contribution in [0.25, 0.3) is 0 Å². The lowest BCUT2D eigenvalue weighted by atomic mass is 9.48. The van der Waals surface area contributed by atoms with Crippen LogP contribution in [0.4, 0.5) is 5.69 Å². The molecular weight excluding hydrogens is 534 g/mol. The Morgan fingerprint density at radius 2 is 1.54 bits per heavy atom. The molecule has 0 unspecified atom stereocenters. The molecule has 2 aromatic carbocycles. The van der Waals surface area contributed by atoms with Crippen molar-refractivity contribution in [3.63, 3.8) is 0 Å². The Kier molecular flexibility index (Phi) is 8.25. The van der Waals surface area contributed by atoms with Crippen LogP contribution in [0.15, 0.2) is 48.5 Å². The first kappa shape index (κ1) is 29.6. The van der Waals surface area contributed by atoms with Crippen LogP contribution in [-0.4, -0.2) is 50.0 Å². The fraction of sp³-hybridized carbons (Fsp3) is 0.576. The highest BCUT2D eigenvalue weighted by Crippen LogP contribution is 2.60. The highest BCUT2D eigenvalue weighted by atomic mass is 32.2. The van der Waals surface area contributed by atoms with Crippen LogP contribution in [0.1, 0.15) is 76.0 Å². The molecule has 4 aliphatic rings. The van der Waals surface area contributed by atoms with Gasteiger partial charge in [0.15, 0.2) is 0 Å². The molecule has 1 atom stereocenters. The number of sulfonamides is 1. The van der Waals surface area contributed by atoms with Gasteiger partial charge in [0, 0.05) is 12.6 Å². The van der Waals surface area contributed by atoms with E-state index in [-0.39, 0.29) is 30.5 Å². The van der Waals surface area contributed by atoms with Gasteiger partial charge in [0.2, 0.25) is 21.8 Å². The first-order chi connectivity index (χ1) is 19.3. The van der Waals surface area contributed by atoms with Gasteiger partial charge in [-0.05, 0) is 113 Å². The SMILES string of the molecule is Cc1cccc(CN(C(=O)CN(c2ccc(C34CC5CC(CC(C5)C3)C4)cc2)S(C)(=O)=O)[C@@H](C)C(=O)NC(C)C)c1. The summed E-state index contributed by atoms with van der Waals surface area (Å²) in [6.45, 7) is 7.24. The predicted octanol–water partition coefficient (Wildman–Crippen LogP) is 5.17. The molecule has 4 aliphatic carbocycles. The van der Waals surface area contributed by atoms with E-state index in [1.165, 1.54) is 53.3 Å². The maximum absolute atomic E-state index is 13.8. The van der Waals surface area contributed by atoms with Crippen molar-refractivity contribution in [2.75, 3.05) is 17.1 Å². The molecule has 4 bridgehead atoms. The van der Waals surface area contributed by atoms with Gasteiger partial charge in [-0.1, -0.05) is 42.0 Å². The molecule has 0 aromatic heterocycles. The van der Waals surface area contributed by atoms with Crippen molar-refractivity contribution >= 4 is 27.5 Å². The number of aryl methyl sites for hydroxylation is 1. The maximum Gasteiger partial charge on any atom is 0.244 e. The summed E-state index contributed by atoms with van der Waals surface area (Å²) in [6.07, 6.45) is 8.94. The average Bonchev–Trinajstić information content (AvgIpc) is 2.88. The average molecular weight is 580 g/mol. The Bertz CT molecular complexity index is 1350. The second-order valence-corrected chi connectivity index (χ2v) is 15.3. The summed E-state index contributed by atoms with van der Waals surface area (Å²) in [7, 11) is -3.76. The van der Waals surface area contributed by atoms with Crippen LogP contribution < -0.4 is 9.62 Å². The Morgan fingerprint density at radius 3 is 2.05 bits per heavy atom. The van der Waals surface area contributed by atoms with E-state index in [2.05, 4.69) is 17.4 Å². The maximum atomic E-state index is 13.8. The molecule has 6 rings (SSSR count). The van der Waals surface area contributed by atoms with E-state index in [4.69, 9.17) is 0 Å². The van der Waals surface area contributed by atoms with Crippen LogP contribution in [-0.2, 0) is 31.6 Å². The van der Waals surface area contributed by atoms with E-state index in [9.17, 15) is 18.0 Å². The Hall–Kier alpha value is -2.87. The molecule has 41 heavy (non-hydrogen) atoms. The van der Waals surface area contributed by atoms with Gasteiger partial charge in [0.05, 0.1) is 11.9 Å². The van der Waals surface area contributed by atoms with E-state index in [1.807, 2.05) is 57.2 Å². The molecule has 2 amide bonds. The standard InChI is InChI=1S/C33H45N3O4S/c1-22(2)34-32(38)24(4)35(20-25-8-6-7-23(3)13-25)31(37)21-36(41(5,39)40)30-11-9-29(10-12-30)33-17-26-14-27(18-33)16-28(15-26)19-33/h6-13,22,24,26-28H,14-21H2,1-5H3,(H,34,38)/t24-,26?,27?,28?,33?/m0/s1. The highest BCUT2D eigenvalue weighted by Gasteiger charge is 2.51. The number of benzene rings is 2. The summed E-state index contributed by atoms with van der Waals surface area (Å²) in [5, 5.41) is 2.89. The summed E-state index contributed by atoms with van der Waals surface area (Å²) in [6, 6.07) is 14.8. The van der Waals surface area contributed by atoms with Crippen LogP contribution >= 0.6 is 0 Å². The number of rotatable bonds is 10. The number of hydrogen-bond acceptors (Lipinski definition) is 4. The van der Waals surface area contributed by atoms with Crippen molar-refractivity contribution in [2.24, 2.45) is 17.8 Å². The molecule has 222 valence electrons. The van der Waals surface area contributed by atoms with Gasteiger partial charge in [-0.15, -0.1) is 0 Å². The fourth-order valence-corrected chi connectivity index (χ4v) is 8.90. The van der Waals surface area contributed by atoms with E-state index < -0.39 is 22.0 Å². The summed E-state index contributed by atoms with van der Waals surface area (Å²) in [5.74, 6) is 1.77. The van der Waals surface area contributed by atoms with Gasteiger partial charge in [0.25, 0.3) is 0 Å². The molecule has 8 heteroatoms. The second-order valence-electron chi connectivity index (χ2n) is 13.4. The van der Waals surface area contributed by atoms with Crippen LogP contribution in [0.3, 0.4) is 0 Å². The number of carbonyl (C=O) groups excluding carboxylic acids is 2. The number of amides is 2. The summed E-state index contributed by atoms with van der Waals surface area (Å²) in [4.78, 5) is 28.3. The summed E-state index contributed by atoms with van der Waals surface area (Å²) < 4.78 is 27.2. The molecule has 0 saturated heterocycles. The highest BCUT2D eigenvalue weighted by molar-refractivity contribution is 7.92. The topological polar surface area (TPSA) is 86.8 Å². The van der Waals surface area contributed by atoms with Gasteiger partial charge in [0.1, 0.15) is 12.6 Å². The molecule has 0 aliphatic heterocycles. The zero-order chi connectivity index (χ0) is 29.5. The lowest BCUT2D eigenvalue weighted by Gasteiger charge is -2.57. The zero-order valence-corrected chi connectivity index (χ0v) is 25.9. The van der Waals surface area contributed by atoms with Crippen molar-refractivity contribution in [3.05, 3.63) is 65.2 Å². The Morgan fingerprint density at radius 1 is 0.951 bits per heavy atom. The third-order valence-electron chi connectivity index (χ3n) is 9.52. The molecule has 0 radical (unpaired) electrons.